The van der Waals surface area contributed by atoms with Gasteiger partial charge < -0.3 is 19.1 Å². The van der Waals surface area contributed by atoms with E-state index in [0.717, 1.165) is 25.7 Å². The highest BCUT2D eigenvalue weighted by atomic mass is 16.6. The molecule has 3 atom stereocenters. The zero-order valence-corrected chi connectivity index (χ0v) is 14.8. The Bertz CT molecular complexity index is 585. The molecular formula is C18H26N2O4. The maximum absolute atomic E-state index is 12.5. The first-order valence-electron chi connectivity index (χ1n) is 8.55. The van der Waals surface area contributed by atoms with Crippen LogP contribution in [-0.2, 0) is 4.74 Å². The molecule has 1 aromatic rings. The van der Waals surface area contributed by atoms with E-state index >= 15 is 0 Å². The molecule has 2 fully saturated rings. The summed E-state index contributed by atoms with van der Waals surface area (Å²) in [6, 6.07) is 5.88. The van der Waals surface area contributed by atoms with Crippen molar-refractivity contribution in [3.63, 3.8) is 0 Å². The summed E-state index contributed by atoms with van der Waals surface area (Å²) in [4.78, 5) is 18.7. The number of rotatable bonds is 3. The lowest BCUT2D eigenvalue weighted by Crippen LogP contribution is -2.50. The molecular weight excluding hydrogens is 308 g/mol. The van der Waals surface area contributed by atoms with Crippen LogP contribution in [-0.4, -0.2) is 46.9 Å². The third-order valence-corrected chi connectivity index (χ3v) is 4.49. The first-order chi connectivity index (χ1) is 11.4. The summed E-state index contributed by atoms with van der Waals surface area (Å²) in [5.74, 6) is 1.12. The van der Waals surface area contributed by atoms with Gasteiger partial charge in [0.15, 0.2) is 0 Å². The first kappa shape index (κ1) is 16.9. The van der Waals surface area contributed by atoms with Crippen LogP contribution in [0.15, 0.2) is 18.2 Å². The fraction of sp³-hybridized carbons (Fsp3) is 0.667. The van der Waals surface area contributed by atoms with Gasteiger partial charge in [-0.05, 0) is 33.6 Å². The average Bonchev–Trinajstić information content (AvgIpc) is 2.77. The maximum atomic E-state index is 12.5. The number of fused-ring (bicyclic) bond motifs is 2. The number of pyridine rings is 1. The van der Waals surface area contributed by atoms with Crippen LogP contribution in [0.2, 0.25) is 0 Å². The fourth-order valence-corrected chi connectivity index (χ4v) is 3.58. The van der Waals surface area contributed by atoms with Crippen LogP contribution in [0.3, 0.4) is 0 Å². The van der Waals surface area contributed by atoms with Gasteiger partial charge in [-0.2, -0.15) is 4.98 Å². The monoisotopic (exact) mass is 334 g/mol. The molecule has 6 nitrogen and oxygen atoms in total. The highest BCUT2D eigenvalue weighted by molar-refractivity contribution is 5.69. The van der Waals surface area contributed by atoms with Crippen molar-refractivity contribution in [1.82, 2.24) is 9.88 Å². The molecule has 0 saturated carbocycles. The summed E-state index contributed by atoms with van der Waals surface area (Å²) < 4.78 is 16.7. The zero-order chi connectivity index (χ0) is 17.3. The Morgan fingerprint density at radius 2 is 1.79 bits per heavy atom. The number of aromatic nitrogens is 1. The molecule has 0 N–H and O–H groups in total. The lowest BCUT2D eigenvalue weighted by molar-refractivity contribution is -0.00763. The van der Waals surface area contributed by atoms with Crippen molar-refractivity contribution in [1.29, 1.82) is 0 Å². The summed E-state index contributed by atoms with van der Waals surface area (Å²) >= 11 is 0. The van der Waals surface area contributed by atoms with E-state index in [1.807, 2.05) is 37.8 Å². The number of carbonyl (C=O) groups excluding carboxylic acids is 1. The molecule has 0 spiro atoms. The van der Waals surface area contributed by atoms with Crippen LogP contribution in [0, 0.1) is 0 Å². The van der Waals surface area contributed by atoms with Gasteiger partial charge >= 0.3 is 6.09 Å². The van der Waals surface area contributed by atoms with Crippen molar-refractivity contribution >= 4 is 6.09 Å². The Hall–Kier alpha value is -1.98. The molecule has 1 aromatic heterocycles. The average molecular weight is 334 g/mol. The molecule has 3 rings (SSSR count). The molecule has 132 valence electrons. The van der Waals surface area contributed by atoms with Crippen molar-refractivity contribution in [3.05, 3.63) is 18.2 Å². The number of carbonyl (C=O) groups is 1. The standard InChI is InChI=1S/C18H26N2O4/c1-18(2,3)24-17(21)20-12-8-9-13(20)11-14(10-12)23-16-7-5-6-15(19-16)22-4/h5-7,12-14H,8-11H2,1-4H3/t12-,13+,14?. The molecule has 1 amide bonds. The van der Waals surface area contributed by atoms with E-state index < -0.39 is 5.60 Å². The van der Waals surface area contributed by atoms with Gasteiger partial charge in [0.05, 0.1) is 7.11 Å². The summed E-state index contributed by atoms with van der Waals surface area (Å²) in [5.41, 5.74) is -0.464. The lowest BCUT2D eigenvalue weighted by Gasteiger charge is -2.39. The normalized spacial score (nSPS) is 26.2. The van der Waals surface area contributed by atoms with E-state index in [2.05, 4.69) is 4.98 Å². The van der Waals surface area contributed by atoms with E-state index in [4.69, 9.17) is 14.2 Å². The van der Waals surface area contributed by atoms with Crippen molar-refractivity contribution in [3.8, 4) is 11.8 Å². The molecule has 1 unspecified atom stereocenters. The van der Waals surface area contributed by atoms with Gasteiger partial charge in [-0.25, -0.2) is 4.79 Å². The second-order valence-electron chi connectivity index (χ2n) is 7.50. The topological polar surface area (TPSA) is 60.9 Å². The fourth-order valence-electron chi connectivity index (χ4n) is 3.58. The highest BCUT2D eigenvalue weighted by Crippen LogP contribution is 2.38. The minimum Gasteiger partial charge on any atom is -0.481 e. The number of amides is 1. The second kappa shape index (κ2) is 6.49. The SMILES string of the molecule is COc1cccc(OC2C[C@H]3CC[C@@H](C2)N3C(=O)OC(C)(C)C)n1. The van der Waals surface area contributed by atoms with Crippen molar-refractivity contribution < 1.29 is 19.0 Å². The molecule has 0 radical (unpaired) electrons. The highest BCUT2D eigenvalue weighted by Gasteiger charge is 2.45. The van der Waals surface area contributed by atoms with Gasteiger partial charge in [-0.15, -0.1) is 0 Å². The minimum atomic E-state index is -0.464. The van der Waals surface area contributed by atoms with E-state index in [-0.39, 0.29) is 24.3 Å². The number of hydrogen-bond donors (Lipinski definition) is 0. The van der Waals surface area contributed by atoms with Gasteiger partial charge in [0.1, 0.15) is 11.7 Å². The predicted molar refractivity (Wildman–Crippen MR) is 89.3 cm³/mol. The Kier molecular flexibility index (Phi) is 4.56. The number of methoxy groups -OCH3 is 1. The number of nitrogens with zero attached hydrogens (tertiary/aromatic N) is 2. The first-order valence-corrected chi connectivity index (χ1v) is 8.55. The van der Waals surface area contributed by atoms with Crippen LogP contribution in [0.25, 0.3) is 0 Å². The number of hydrogen-bond acceptors (Lipinski definition) is 5. The molecule has 2 saturated heterocycles. The Morgan fingerprint density at radius 3 is 2.38 bits per heavy atom. The largest absolute Gasteiger partial charge is 0.481 e. The van der Waals surface area contributed by atoms with E-state index in [9.17, 15) is 4.79 Å². The van der Waals surface area contributed by atoms with Gasteiger partial charge in [0.2, 0.25) is 11.8 Å². The molecule has 0 aromatic carbocycles. The van der Waals surface area contributed by atoms with E-state index in [0.29, 0.717) is 11.8 Å². The van der Waals surface area contributed by atoms with E-state index in [1.54, 1.807) is 13.2 Å². The Labute approximate surface area is 143 Å². The van der Waals surface area contributed by atoms with E-state index in [1.165, 1.54) is 0 Å². The van der Waals surface area contributed by atoms with Gasteiger partial charge in [0.25, 0.3) is 0 Å². The van der Waals surface area contributed by atoms with Crippen molar-refractivity contribution in [2.75, 3.05) is 7.11 Å². The number of piperidine rings is 1. The summed E-state index contributed by atoms with van der Waals surface area (Å²) in [7, 11) is 1.59. The van der Waals surface area contributed by atoms with Crippen molar-refractivity contribution in [2.24, 2.45) is 0 Å². The molecule has 0 aliphatic carbocycles. The summed E-state index contributed by atoms with van der Waals surface area (Å²) in [6.45, 7) is 5.70. The molecule has 3 heterocycles. The van der Waals surface area contributed by atoms with Gasteiger partial charge in [-0.3, -0.25) is 0 Å². The quantitative estimate of drug-likeness (QED) is 0.848. The lowest BCUT2D eigenvalue weighted by atomic mass is 10.0. The molecule has 2 aliphatic heterocycles. The zero-order valence-electron chi connectivity index (χ0n) is 14.8. The Balaban J connectivity index is 1.63. The minimum absolute atomic E-state index is 0.0702. The van der Waals surface area contributed by atoms with Crippen LogP contribution < -0.4 is 9.47 Å². The Morgan fingerprint density at radius 1 is 1.17 bits per heavy atom. The maximum Gasteiger partial charge on any atom is 0.410 e. The van der Waals surface area contributed by atoms with Crippen LogP contribution in [0.5, 0.6) is 11.8 Å². The second-order valence-corrected chi connectivity index (χ2v) is 7.50. The van der Waals surface area contributed by atoms with Gasteiger partial charge in [0, 0.05) is 37.1 Å². The van der Waals surface area contributed by atoms with Crippen LogP contribution >= 0.6 is 0 Å². The predicted octanol–water partition coefficient (Wildman–Crippen LogP) is 3.40. The molecule has 6 heteroatoms. The smallest absolute Gasteiger partial charge is 0.410 e. The third-order valence-electron chi connectivity index (χ3n) is 4.49. The summed E-state index contributed by atoms with van der Waals surface area (Å²) in [6.07, 6.45) is 3.52. The van der Waals surface area contributed by atoms with Crippen LogP contribution in [0.1, 0.15) is 46.5 Å². The number of ether oxygens (including phenoxy) is 3. The summed E-state index contributed by atoms with van der Waals surface area (Å²) in [5, 5.41) is 0. The van der Waals surface area contributed by atoms with Crippen molar-refractivity contribution in [2.45, 2.75) is 70.2 Å². The molecule has 2 bridgehead atoms. The van der Waals surface area contributed by atoms with Gasteiger partial charge in [-0.1, -0.05) is 6.07 Å². The third kappa shape index (κ3) is 3.74. The van der Waals surface area contributed by atoms with Crippen LogP contribution in [0.4, 0.5) is 4.79 Å². The molecule has 2 aliphatic rings. The molecule has 24 heavy (non-hydrogen) atoms.